The first-order valence-electron chi connectivity index (χ1n) is 7.34. The Hall–Kier alpha value is -1.29. The van der Waals surface area contributed by atoms with E-state index in [4.69, 9.17) is 4.74 Å². The number of rotatable bonds is 6. The molecule has 0 saturated heterocycles. The van der Waals surface area contributed by atoms with Crippen LogP contribution in [-0.4, -0.2) is 40.4 Å². The van der Waals surface area contributed by atoms with Gasteiger partial charge in [0.05, 0.1) is 6.61 Å². The van der Waals surface area contributed by atoms with Gasteiger partial charge in [0.15, 0.2) is 4.34 Å². The van der Waals surface area contributed by atoms with Crippen LogP contribution in [0.1, 0.15) is 16.9 Å². The van der Waals surface area contributed by atoms with Crippen molar-refractivity contribution in [1.82, 2.24) is 20.2 Å². The molecule has 3 aromatic rings. The summed E-state index contributed by atoms with van der Waals surface area (Å²) in [5, 5.41) is 14.6. The van der Waals surface area contributed by atoms with Crippen LogP contribution < -0.4 is 5.32 Å². The highest BCUT2D eigenvalue weighted by Crippen LogP contribution is 2.42. The average Bonchev–Trinajstić information content (AvgIpc) is 3.23. The predicted octanol–water partition coefficient (Wildman–Crippen LogP) is 3.24. The Labute approximate surface area is 145 Å². The fourth-order valence-corrected chi connectivity index (χ4v) is 5.75. The van der Waals surface area contributed by atoms with Gasteiger partial charge in [0.1, 0.15) is 16.2 Å². The van der Waals surface area contributed by atoms with Gasteiger partial charge in [-0.05, 0) is 36.6 Å². The number of hydrogen-bond acceptors (Lipinski definition) is 9. The number of aryl methyl sites for hydroxylation is 2. The maximum absolute atomic E-state index is 5.02. The summed E-state index contributed by atoms with van der Waals surface area (Å²) in [6, 6.07) is 0. The fraction of sp³-hybridized carbons (Fsp3) is 0.429. The Morgan fingerprint density at radius 3 is 3.13 bits per heavy atom. The van der Waals surface area contributed by atoms with Crippen molar-refractivity contribution in [2.45, 2.75) is 28.6 Å². The SMILES string of the molecule is COCCNc1nnc(Sc2ncnc3sc4c(c23)CCC4)s1. The molecule has 23 heavy (non-hydrogen) atoms. The molecule has 4 rings (SSSR count). The molecule has 0 atom stereocenters. The number of anilines is 1. The van der Waals surface area contributed by atoms with Gasteiger partial charge in [-0.15, -0.1) is 21.5 Å². The Morgan fingerprint density at radius 1 is 1.26 bits per heavy atom. The summed E-state index contributed by atoms with van der Waals surface area (Å²) in [5.74, 6) is 0. The number of nitrogens with zero attached hydrogens (tertiary/aromatic N) is 4. The molecular formula is C14H15N5OS3. The summed E-state index contributed by atoms with van der Waals surface area (Å²) in [6.45, 7) is 1.38. The molecule has 0 amide bonds. The summed E-state index contributed by atoms with van der Waals surface area (Å²) in [5.41, 5.74) is 1.44. The lowest BCUT2D eigenvalue weighted by Gasteiger charge is -2.01. The van der Waals surface area contributed by atoms with Gasteiger partial charge in [-0.3, -0.25) is 0 Å². The van der Waals surface area contributed by atoms with Crippen LogP contribution in [0.2, 0.25) is 0 Å². The molecule has 0 aromatic carbocycles. The average molecular weight is 366 g/mol. The number of nitrogens with one attached hydrogen (secondary N) is 1. The van der Waals surface area contributed by atoms with Crippen LogP contribution in [0.15, 0.2) is 15.7 Å². The lowest BCUT2D eigenvalue weighted by molar-refractivity contribution is 0.211. The lowest BCUT2D eigenvalue weighted by atomic mass is 10.2. The number of methoxy groups -OCH3 is 1. The van der Waals surface area contributed by atoms with Crippen molar-refractivity contribution in [2.75, 3.05) is 25.6 Å². The van der Waals surface area contributed by atoms with Gasteiger partial charge in [0.2, 0.25) is 5.13 Å². The summed E-state index contributed by atoms with van der Waals surface area (Å²) in [7, 11) is 1.68. The van der Waals surface area contributed by atoms with Crippen molar-refractivity contribution in [3.05, 3.63) is 16.8 Å². The molecule has 120 valence electrons. The molecule has 6 nitrogen and oxygen atoms in total. The zero-order valence-electron chi connectivity index (χ0n) is 12.5. The Morgan fingerprint density at radius 2 is 2.22 bits per heavy atom. The van der Waals surface area contributed by atoms with Gasteiger partial charge in [-0.25, -0.2) is 9.97 Å². The molecule has 0 aliphatic heterocycles. The topological polar surface area (TPSA) is 72.8 Å². The van der Waals surface area contributed by atoms with Crippen molar-refractivity contribution in [3.8, 4) is 0 Å². The number of ether oxygens (including phenoxy) is 1. The maximum Gasteiger partial charge on any atom is 0.206 e. The Kier molecular flexibility index (Phi) is 4.43. The van der Waals surface area contributed by atoms with E-state index in [0.717, 1.165) is 32.3 Å². The van der Waals surface area contributed by atoms with Gasteiger partial charge in [-0.2, -0.15) is 0 Å². The van der Waals surface area contributed by atoms with Gasteiger partial charge >= 0.3 is 0 Å². The summed E-state index contributed by atoms with van der Waals surface area (Å²) >= 11 is 4.92. The molecule has 3 aromatic heterocycles. The van der Waals surface area contributed by atoms with Crippen LogP contribution in [0.3, 0.4) is 0 Å². The van der Waals surface area contributed by atoms with E-state index in [0.29, 0.717) is 6.61 Å². The largest absolute Gasteiger partial charge is 0.383 e. The van der Waals surface area contributed by atoms with Crippen LogP contribution in [-0.2, 0) is 17.6 Å². The quantitative estimate of drug-likeness (QED) is 0.531. The van der Waals surface area contributed by atoms with Crippen LogP contribution >= 0.6 is 34.4 Å². The zero-order chi connectivity index (χ0) is 15.6. The molecule has 9 heteroatoms. The van der Waals surface area contributed by atoms with E-state index in [1.54, 1.807) is 36.5 Å². The third kappa shape index (κ3) is 3.06. The van der Waals surface area contributed by atoms with Crippen molar-refractivity contribution in [2.24, 2.45) is 0 Å². The first kappa shape index (κ1) is 15.3. The zero-order valence-corrected chi connectivity index (χ0v) is 15.0. The van der Waals surface area contributed by atoms with E-state index in [9.17, 15) is 0 Å². The summed E-state index contributed by atoms with van der Waals surface area (Å²) in [4.78, 5) is 11.5. The number of aromatic nitrogens is 4. The van der Waals surface area contributed by atoms with Crippen molar-refractivity contribution in [1.29, 1.82) is 0 Å². The van der Waals surface area contributed by atoms with Crippen LogP contribution in [0.4, 0.5) is 5.13 Å². The van der Waals surface area contributed by atoms with E-state index >= 15 is 0 Å². The van der Waals surface area contributed by atoms with Crippen molar-refractivity contribution < 1.29 is 4.74 Å². The molecule has 1 aliphatic carbocycles. The highest BCUT2D eigenvalue weighted by molar-refractivity contribution is 8.01. The van der Waals surface area contributed by atoms with Gasteiger partial charge in [-0.1, -0.05) is 11.3 Å². The molecule has 1 N–H and O–H groups in total. The minimum Gasteiger partial charge on any atom is -0.383 e. The molecule has 0 radical (unpaired) electrons. The minimum absolute atomic E-state index is 0.648. The van der Waals surface area contributed by atoms with Crippen LogP contribution in [0.5, 0.6) is 0 Å². The number of hydrogen-bond donors (Lipinski definition) is 1. The Bertz CT molecular complexity index is 831. The summed E-state index contributed by atoms with van der Waals surface area (Å²) < 4.78 is 5.91. The maximum atomic E-state index is 5.02. The minimum atomic E-state index is 0.648. The molecule has 0 unspecified atom stereocenters. The predicted molar refractivity (Wildman–Crippen MR) is 93.8 cm³/mol. The van der Waals surface area contributed by atoms with E-state index in [1.165, 1.54) is 40.0 Å². The highest BCUT2D eigenvalue weighted by Gasteiger charge is 2.22. The molecule has 0 saturated carbocycles. The fourth-order valence-electron chi connectivity index (χ4n) is 2.64. The monoisotopic (exact) mass is 365 g/mol. The second-order valence-corrected chi connectivity index (χ2v) is 8.41. The standard InChI is InChI=1S/C14H15N5OS3/c1-20-6-5-15-13-18-19-14(23-13)22-12-10-8-3-2-4-9(8)21-11(10)16-7-17-12/h7H,2-6H2,1H3,(H,15,18). The molecule has 1 aliphatic rings. The highest BCUT2D eigenvalue weighted by atomic mass is 32.2. The molecule has 3 heterocycles. The first-order chi connectivity index (χ1) is 11.3. The second-order valence-electron chi connectivity index (χ2n) is 5.11. The van der Waals surface area contributed by atoms with Crippen molar-refractivity contribution >= 4 is 49.8 Å². The lowest BCUT2D eigenvalue weighted by Crippen LogP contribution is -2.06. The first-order valence-corrected chi connectivity index (χ1v) is 9.79. The van der Waals surface area contributed by atoms with E-state index in [1.807, 2.05) is 0 Å². The van der Waals surface area contributed by atoms with E-state index in [-0.39, 0.29) is 0 Å². The number of fused-ring (bicyclic) bond motifs is 3. The Balaban J connectivity index is 1.58. The third-order valence-corrected chi connectivity index (χ3v) is 6.77. The van der Waals surface area contributed by atoms with Crippen LogP contribution in [0.25, 0.3) is 10.2 Å². The van der Waals surface area contributed by atoms with Gasteiger partial charge < -0.3 is 10.1 Å². The second kappa shape index (κ2) is 6.68. The van der Waals surface area contributed by atoms with Gasteiger partial charge in [0, 0.05) is 23.9 Å². The van der Waals surface area contributed by atoms with E-state index in [2.05, 4.69) is 25.5 Å². The molecule has 0 bridgehead atoms. The van der Waals surface area contributed by atoms with Crippen molar-refractivity contribution in [3.63, 3.8) is 0 Å². The number of thiophene rings is 1. The van der Waals surface area contributed by atoms with Crippen LogP contribution in [0, 0.1) is 0 Å². The molecular weight excluding hydrogens is 350 g/mol. The summed E-state index contributed by atoms with van der Waals surface area (Å²) in [6.07, 6.45) is 5.20. The molecule has 0 fully saturated rings. The van der Waals surface area contributed by atoms with E-state index < -0.39 is 0 Å². The van der Waals surface area contributed by atoms with Gasteiger partial charge in [0.25, 0.3) is 0 Å². The normalized spacial score (nSPS) is 13.6. The third-order valence-electron chi connectivity index (χ3n) is 3.64. The molecule has 0 spiro atoms. The smallest absolute Gasteiger partial charge is 0.206 e.